The lowest BCUT2D eigenvalue weighted by Gasteiger charge is -2.05. The van der Waals surface area contributed by atoms with Gasteiger partial charge in [-0.05, 0) is 18.2 Å². The second kappa shape index (κ2) is 3.86. The Bertz CT molecular complexity index is 327. The van der Waals surface area contributed by atoms with E-state index in [4.69, 9.17) is 5.21 Å². The number of carbonyl (C=O) groups excluding carboxylic acids is 1. The van der Waals surface area contributed by atoms with Gasteiger partial charge < -0.3 is 4.74 Å². The van der Waals surface area contributed by atoms with Gasteiger partial charge in [0.05, 0.1) is 18.4 Å². The number of methoxy groups -OCH3 is 1. The van der Waals surface area contributed by atoms with E-state index in [-0.39, 0.29) is 11.3 Å². The molecule has 0 radical (unpaired) electrons. The standard InChI is InChI=1S/C8H8FNO3/c1-13-8(11)6-4-5(9)2-3-7(6)10-12/h2-4,10,12H,1H3. The number of halogens is 1. The van der Waals surface area contributed by atoms with Gasteiger partial charge in [0.1, 0.15) is 5.82 Å². The maximum absolute atomic E-state index is 12.7. The van der Waals surface area contributed by atoms with Gasteiger partial charge in [-0.1, -0.05) is 0 Å². The molecule has 0 amide bonds. The van der Waals surface area contributed by atoms with Crippen molar-refractivity contribution in [2.75, 3.05) is 12.6 Å². The number of anilines is 1. The van der Waals surface area contributed by atoms with Crippen LogP contribution in [-0.2, 0) is 4.74 Å². The molecule has 0 fully saturated rings. The zero-order valence-electron chi connectivity index (χ0n) is 6.87. The first kappa shape index (κ1) is 9.47. The Morgan fingerprint density at radius 2 is 2.31 bits per heavy atom. The molecule has 1 aromatic rings. The third-order valence-electron chi connectivity index (χ3n) is 1.51. The SMILES string of the molecule is COC(=O)c1cc(F)ccc1NO. The average Bonchev–Trinajstić information content (AvgIpc) is 2.16. The Balaban J connectivity index is 3.15. The highest BCUT2D eigenvalue weighted by Gasteiger charge is 2.11. The Labute approximate surface area is 73.9 Å². The van der Waals surface area contributed by atoms with Crippen LogP contribution in [0.25, 0.3) is 0 Å². The quantitative estimate of drug-likeness (QED) is 0.540. The Hall–Kier alpha value is -1.62. The van der Waals surface area contributed by atoms with Gasteiger partial charge in [-0.15, -0.1) is 0 Å². The molecule has 0 aliphatic rings. The maximum Gasteiger partial charge on any atom is 0.340 e. The van der Waals surface area contributed by atoms with Gasteiger partial charge >= 0.3 is 5.97 Å². The van der Waals surface area contributed by atoms with E-state index in [1.165, 1.54) is 13.2 Å². The summed E-state index contributed by atoms with van der Waals surface area (Å²) in [5.41, 5.74) is 1.82. The molecule has 1 aromatic carbocycles. The lowest BCUT2D eigenvalue weighted by atomic mass is 10.2. The van der Waals surface area contributed by atoms with Gasteiger partial charge in [0.25, 0.3) is 0 Å². The van der Waals surface area contributed by atoms with E-state index in [0.717, 1.165) is 12.1 Å². The number of benzene rings is 1. The van der Waals surface area contributed by atoms with Crippen molar-refractivity contribution < 1.29 is 19.1 Å². The summed E-state index contributed by atoms with van der Waals surface area (Å²) in [5, 5.41) is 8.57. The van der Waals surface area contributed by atoms with E-state index in [9.17, 15) is 9.18 Å². The molecule has 0 spiro atoms. The molecule has 0 bridgehead atoms. The molecule has 0 saturated carbocycles. The van der Waals surface area contributed by atoms with Crippen molar-refractivity contribution in [3.63, 3.8) is 0 Å². The lowest BCUT2D eigenvalue weighted by Crippen LogP contribution is -2.06. The Morgan fingerprint density at radius 3 is 2.85 bits per heavy atom. The number of ether oxygens (including phenoxy) is 1. The molecule has 5 heteroatoms. The van der Waals surface area contributed by atoms with Gasteiger partial charge in [0, 0.05) is 0 Å². The monoisotopic (exact) mass is 185 g/mol. The van der Waals surface area contributed by atoms with Crippen LogP contribution in [-0.4, -0.2) is 18.3 Å². The van der Waals surface area contributed by atoms with Gasteiger partial charge in [0.15, 0.2) is 0 Å². The molecule has 0 aromatic heterocycles. The van der Waals surface area contributed by atoms with Crippen LogP contribution in [0.3, 0.4) is 0 Å². The molecule has 70 valence electrons. The largest absolute Gasteiger partial charge is 0.465 e. The van der Waals surface area contributed by atoms with E-state index in [0.29, 0.717) is 0 Å². The summed E-state index contributed by atoms with van der Waals surface area (Å²) in [6.07, 6.45) is 0. The van der Waals surface area contributed by atoms with Gasteiger partial charge in [-0.2, -0.15) is 0 Å². The predicted octanol–water partition coefficient (Wildman–Crippen LogP) is 1.41. The van der Waals surface area contributed by atoms with Gasteiger partial charge in [-0.25, -0.2) is 9.18 Å². The van der Waals surface area contributed by atoms with Crippen LogP contribution in [0.5, 0.6) is 0 Å². The first-order valence-corrected chi connectivity index (χ1v) is 3.47. The summed E-state index contributed by atoms with van der Waals surface area (Å²) in [5.74, 6) is -1.28. The molecule has 0 saturated heterocycles. The van der Waals surface area contributed by atoms with Crippen molar-refractivity contribution in [1.29, 1.82) is 0 Å². The maximum atomic E-state index is 12.7. The summed E-state index contributed by atoms with van der Waals surface area (Å²) in [7, 11) is 1.17. The minimum absolute atomic E-state index is 0.0509. The highest BCUT2D eigenvalue weighted by molar-refractivity contribution is 5.95. The predicted molar refractivity (Wildman–Crippen MR) is 43.1 cm³/mol. The molecular formula is C8H8FNO3. The molecule has 0 aliphatic carbocycles. The topological polar surface area (TPSA) is 58.6 Å². The smallest absolute Gasteiger partial charge is 0.340 e. The van der Waals surface area contributed by atoms with Gasteiger partial charge in [-0.3, -0.25) is 10.7 Å². The van der Waals surface area contributed by atoms with Gasteiger partial charge in [0.2, 0.25) is 0 Å². The van der Waals surface area contributed by atoms with Crippen molar-refractivity contribution in [2.24, 2.45) is 0 Å². The summed E-state index contributed by atoms with van der Waals surface area (Å²) < 4.78 is 17.0. The number of rotatable bonds is 2. The summed E-state index contributed by atoms with van der Waals surface area (Å²) in [6.45, 7) is 0. The second-order valence-electron chi connectivity index (χ2n) is 2.29. The molecule has 0 heterocycles. The Kier molecular flexibility index (Phi) is 2.81. The van der Waals surface area contributed by atoms with Crippen LogP contribution in [0.15, 0.2) is 18.2 Å². The minimum atomic E-state index is -0.712. The fourth-order valence-corrected chi connectivity index (χ4v) is 0.893. The second-order valence-corrected chi connectivity index (χ2v) is 2.29. The summed E-state index contributed by atoms with van der Waals surface area (Å²) in [6, 6.07) is 3.33. The molecule has 4 nitrogen and oxygen atoms in total. The van der Waals surface area contributed by atoms with Crippen molar-refractivity contribution in [1.82, 2.24) is 0 Å². The van der Waals surface area contributed by atoms with E-state index in [1.54, 1.807) is 5.48 Å². The number of hydrogen-bond donors (Lipinski definition) is 2. The number of esters is 1. The van der Waals surface area contributed by atoms with Crippen LogP contribution >= 0.6 is 0 Å². The highest BCUT2D eigenvalue weighted by Crippen LogP contribution is 2.16. The van der Waals surface area contributed by atoms with Crippen LogP contribution in [0, 0.1) is 5.82 Å². The third kappa shape index (κ3) is 1.94. The summed E-state index contributed by atoms with van der Waals surface area (Å²) >= 11 is 0. The Morgan fingerprint density at radius 1 is 1.62 bits per heavy atom. The van der Waals surface area contributed by atoms with Crippen LogP contribution in [0.1, 0.15) is 10.4 Å². The number of carbonyl (C=O) groups is 1. The van der Waals surface area contributed by atoms with Crippen molar-refractivity contribution in [3.8, 4) is 0 Å². The third-order valence-corrected chi connectivity index (χ3v) is 1.51. The van der Waals surface area contributed by atoms with Crippen molar-refractivity contribution in [2.45, 2.75) is 0 Å². The first-order chi connectivity index (χ1) is 6.19. The number of hydrogen-bond acceptors (Lipinski definition) is 4. The minimum Gasteiger partial charge on any atom is -0.465 e. The van der Waals surface area contributed by atoms with E-state index in [1.807, 2.05) is 0 Å². The molecular weight excluding hydrogens is 177 g/mol. The van der Waals surface area contributed by atoms with Crippen LogP contribution in [0.2, 0.25) is 0 Å². The van der Waals surface area contributed by atoms with Crippen molar-refractivity contribution in [3.05, 3.63) is 29.6 Å². The zero-order valence-corrected chi connectivity index (χ0v) is 6.87. The molecule has 0 atom stereocenters. The average molecular weight is 185 g/mol. The van der Waals surface area contributed by atoms with Crippen molar-refractivity contribution >= 4 is 11.7 Å². The molecule has 1 rings (SSSR count). The van der Waals surface area contributed by atoms with E-state index >= 15 is 0 Å². The van der Waals surface area contributed by atoms with E-state index in [2.05, 4.69) is 4.74 Å². The fourth-order valence-electron chi connectivity index (χ4n) is 0.893. The first-order valence-electron chi connectivity index (χ1n) is 3.47. The summed E-state index contributed by atoms with van der Waals surface area (Å²) in [4.78, 5) is 11.0. The normalized spacial score (nSPS) is 9.46. The highest BCUT2D eigenvalue weighted by atomic mass is 19.1. The number of nitrogens with one attached hydrogen (secondary N) is 1. The van der Waals surface area contributed by atoms with Crippen LogP contribution < -0.4 is 5.48 Å². The lowest BCUT2D eigenvalue weighted by molar-refractivity contribution is 0.0600. The van der Waals surface area contributed by atoms with E-state index < -0.39 is 11.8 Å². The molecule has 2 N–H and O–H groups in total. The fraction of sp³-hybridized carbons (Fsp3) is 0.125. The zero-order chi connectivity index (χ0) is 9.84. The van der Waals surface area contributed by atoms with Crippen LogP contribution in [0.4, 0.5) is 10.1 Å². The molecule has 0 unspecified atom stereocenters. The molecule has 13 heavy (non-hydrogen) atoms. The molecule has 0 aliphatic heterocycles.